The number of carbonyl (C=O) groups is 3. The molecule has 0 radical (unpaired) electrons. The molecule has 0 aliphatic rings. The molecule has 1 heterocycles. The maximum Gasteiger partial charge on any atom is 0.332 e. The van der Waals surface area contributed by atoms with E-state index < -0.39 is 11.6 Å². The molecule has 4 aromatic rings. The number of benzene rings is 3. The number of nitrogens with one attached hydrogen (secondary N) is 2. The zero-order chi connectivity index (χ0) is 30.1. The van der Waals surface area contributed by atoms with E-state index in [1.165, 1.54) is 0 Å². The molecule has 7 nitrogen and oxygen atoms in total. The van der Waals surface area contributed by atoms with Crippen molar-refractivity contribution in [2.45, 2.75) is 52.2 Å². The van der Waals surface area contributed by atoms with E-state index in [0.29, 0.717) is 23.2 Å². The van der Waals surface area contributed by atoms with Crippen LogP contribution in [0.1, 0.15) is 66.5 Å². The van der Waals surface area contributed by atoms with Crippen LogP contribution in [-0.4, -0.2) is 29.9 Å². The molecular formula is C34H36N2O5S. The van der Waals surface area contributed by atoms with E-state index in [4.69, 9.17) is 9.57 Å². The molecule has 0 aliphatic carbocycles. The van der Waals surface area contributed by atoms with Crippen molar-refractivity contribution in [3.8, 4) is 11.1 Å². The Balaban J connectivity index is 1.26. The van der Waals surface area contributed by atoms with Crippen molar-refractivity contribution >= 4 is 34.7 Å². The average molecular weight is 585 g/mol. The highest BCUT2D eigenvalue weighted by Crippen LogP contribution is 2.29. The van der Waals surface area contributed by atoms with Crippen LogP contribution in [0.3, 0.4) is 0 Å². The van der Waals surface area contributed by atoms with Crippen LogP contribution < -0.4 is 10.8 Å². The van der Waals surface area contributed by atoms with Crippen molar-refractivity contribution in [1.29, 1.82) is 0 Å². The number of aryl methyl sites for hydroxylation is 1. The van der Waals surface area contributed by atoms with Crippen LogP contribution in [-0.2, 0) is 25.6 Å². The lowest BCUT2D eigenvalue weighted by molar-refractivity contribution is -0.153. The summed E-state index contributed by atoms with van der Waals surface area (Å²) >= 11 is 1.64. The number of rotatable bonds is 12. The van der Waals surface area contributed by atoms with Crippen molar-refractivity contribution in [3.05, 3.63) is 112 Å². The van der Waals surface area contributed by atoms with E-state index in [2.05, 4.69) is 22.2 Å². The normalized spacial score (nSPS) is 11.9. The van der Waals surface area contributed by atoms with Gasteiger partial charge in [-0.15, -0.1) is 11.3 Å². The first-order chi connectivity index (χ1) is 20.1. The van der Waals surface area contributed by atoms with Crippen molar-refractivity contribution < 1.29 is 24.0 Å². The molecule has 1 unspecified atom stereocenters. The lowest BCUT2D eigenvalue weighted by Crippen LogP contribution is -2.32. The minimum absolute atomic E-state index is 0.0126. The molecule has 0 bridgehead atoms. The third-order valence-corrected chi connectivity index (χ3v) is 7.52. The molecule has 0 saturated heterocycles. The van der Waals surface area contributed by atoms with Gasteiger partial charge in [-0.25, -0.2) is 10.3 Å². The Kier molecular flexibility index (Phi) is 10.3. The van der Waals surface area contributed by atoms with Crippen LogP contribution in [0.4, 0.5) is 5.69 Å². The highest BCUT2D eigenvalue weighted by Gasteiger charge is 2.18. The number of ketones is 1. The van der Waals surface area contributed by atoms with Crippen molar-refractivity contribution in [3.63, 3.8) is 0 Å². The summed E-state index contributed by atoms with van der Waals surface area (Å²) in [7, 11) is 0. The number of esters is 1. The Labute approximate surface area is 250 Å². The Hall–Kier alpha value is -4.27. The molecule has 1 aromatic heterocycles. The molecule has 2 N–H and O–H groups in total. The second kappa shape index (κ2) is 14.1. The van der Waals surface area contributed by atoms with Gasteiger partial charge in [0, 0.05) is 22.0 Å². The van der Waals surface area contributed by atoms with E-state index in [1.807, 2.05) is 70.2 Å². The Morgan fingerprint density at radius 1 is 0.857 bits per heavy atom. The quantitative estimate of drug-likeness (QED) is 0.104. The summed E-state index contributed by atoms with van der Waals surface area (Å²) in [5.74, 6) is -0.847. The van der Waals surface area contributed by atoms with Gasteiger partial charge in [0.2, 0.25) is 0 Å². The monoisotopic (exact) mass is 584 g/mol. The van der Waals surface area contributed by atoms with Crippen molar-refractivity contribution in [2.75, 3.05) is 12.0 Å². The van der Waals surface area contributed by atoms with Gasteiger partial charge in [0.1, 0.15) is 5.60 Å². The topological polar surface area (TPSA) is 93.7 Å². The summed E-state index contributed by atoms with van der Waals surface area (Å²) in [6, 6.07) is 26.1. The fourth-order valence-corrected chi connectivity index (χ4v) is 5.18. The van der Waals surface area contributed by atoms with Crippen molar-refractivity contribution in [1.82, 2.24) is 5.32 Å². The first kappa shape index (κ1) is 30.7. The number of thiophene rings is 1. The molecule has 0 fully saturated rings. The lowest BCUT2D eigenvalue weighted by atomic mass is 10.0. The number of carbonyl (C=O) groups excluding carboxylic acids is 3. The maximum atomic E-state index is 12.9. The first-order valence-corrected chi connectivity index (χ1v) is 14.7. The van der Waals surface area contributed by atoms with Gasteiger partial charge >= 0.3 is 11.9 Å². The van der Waals surface area contributed by atoms with Gasteiger partial charge in [0.15, 0.2) is 5.78 Å². The van der Waals surface area contributed by atoms with Gasteiger partial charge in [-0.05, 0) is 74.4 Å². The molecule has 0 aliphatic heterocycles. The first-order valence-electron chi connectivity index (χ1n) is 13.9. The minimum Gasteiger partial charge on any atom is -0.459 e. The van der Waals surface area contributed by atoms with E-state index in [9.17, 15) is 14.4 Å². The van der Waals surface area contributed by atoms with Crippen LogP contribution in [0, 0.1) is 0 Å². The van der Waals surface area contributed by atoms with Gasteiger partial charge in [-0.1, -0.05) is 66.7 Å². The number of ether oxygens (including phenoxy) is 1. The number of hydrogen-bond donors (Lipinski definition) is 2. The van der Waals surface area contributed by atoms with E-state index in [-0.39, 0.29) is 30.8 Å². The van der Waals surface area contributed by atoms with Gasteiger partial charge < -0.3 is 9.57 Å². The number of anilines is 1. The highest BCUT2D eigenvalue weighted by atomic mass is 32.1. The fraction of sp³-hybridized carbons (Fsp3) is 0.265. The Bertz CT molecular complexity index is 1510. The maximum absolute atomic E-state index is 12.9. The molecule has 8 heteroatoms. The third-order valence-electron chi connectivity index (χ3n) is 6.41. The zero-order valence-electron chi connectivity index (χ0n) is 24.3. The number of para-hydroxylation sites is 1. The predicted molar refractivity (Wildman–Crippen MR) is 166 cm³/mol. The van der Waals surface area contributed by atoms with E-state index in [1.54, 1.807) is 47.7 Å². The molecule has 42 heavy (non-hydrogen) atoms. The van der Waals surface area contributed by atoms with Gasteiger partial charge in [0.05, 0.1) is 18.7 Å². The number of hydrogen-bond acceptors (Lipinski definition) is 8. The Morgan fingerprint density at radius 2 is 1.55 bits per heavy atom. The standard InChI is InChI=1S/C34H36N2O5S/c1-23(35-21-32(38)40-34(2,3)4)30-20-27(22-42-30)25-17-14-24(15-18-25)16-19-31(37)41-36-29-13-9-8-12-28(29)33(39)26-10-6-5-7-11-26/h5-15,17-18,20,22-23,35-36H,16,19,21H2,1-4H3. The van der Waals surface area contributed by atoms with Crippen LogP contribution in [0.25, 0.3) is 11.1 Å². The highest BCUT2D eigenvalue weighted by molar-refractivity contribution is 7.10. The molecule has 0 amide bonds. The smallest absolute Gasteiger partial charge is 0.332 e. The third kappa shape index (κ3) is 8.86. The minimum atomic E-state index is -0.502. The molecule has 3 aromatic carbocycles. The van der Waals surface area contributed by atoms with Crippen LogP contribution in [0.15, 0.2) is 90.3 Å². The molecular weight excluding hydrogens is 548 g/mol. The van der Waals surface area contributed by atoms with Crippen LogP contribution in [0.5, 0.6) is 0 Å². The summed E-state index contributed by atoms with van der Waals surface area (Å²) in [5, 5.41) is 5.33. The fourth-order valence-electron chi connectivity index (χ4n) is 4.23. The Morgan fingerprint density at radius 3 is 2.26 bits per heavy atom. The van der Waals surface area contributed by atoms with Crippen LogP contribution in [0.2, 0.25) is 0 Å². The van der Waals surface area contributed by atoms with Gasteiger partial charge in [0.25, 0.3) is 0 Å². The van der Waals surface area contributed by atoms with Gasteiger partial charge in [-0.2, -0.15) is 0 Å². The summed E-state index contributed by atoms with van der Waals surface area (Å²) < 4.78 is 5.36. The molecule has 1 atom stereocenters. The average Bonchev–Trinajstić information content (AvgIpc) is 3.48. The summed E-state index contributed by atoms with van der Waals surface area (Å²) in [6.45, 7) is 7.74. The van der Waals surface area contributed by atoms with Crippen LogP contribution >= 0.6 is 11.3 Å². The summed E-state index contributed by atoms with van der Waals surface area (Å²) in [5.41, 5.74) is 6.77. The molecule has 0 saturated carbocycles. The zero-order valence-corrected chi connectivity index (χ0v) is 25.1. The second-order valence-corrected chi connectivity index (χ2v) is 11.9. The molecule has 4 rings (SSSR count). The van der Waals surface area contributed by atoms with Crippen molar-refractivity contribution in [2.24, 2.45) is 0 Å². The second-order valence-electron chi connectivity index (χ2n) is 10.9. The summed E-state index contributed by atoms with van der Waals surface area (Å²) in [4.78, 5) is 43.8. The molecule has 218 valence electrons. The lowest BCUT2D eigenvalue weighted by Gasteiger charge is -2.20. The summed E-state index contributed by atoms with van der Waals surface area (Å²) in [6.07, 6.45) is 0.705. The molecule has 0 spiro atoms. The van der Waals surface area contributed by atoms with E-state index >= 15 is 0 Å². The largest absolute Gasteiger partial charge is 0.459 e. The SMILES string of the molecule is CC(NCC(=O)OC(C)(C)C)c1cc(-c2ccc(CCC(=O)ONc3ccccc3C(=O)c3ccccc3)cc2)cs1. The van der Waals surface area contributed by atoms with E-state index in [0.717, 1.165) is 21.6 Å². The van der Waals surface area contributed by atoms with Gasteiger partial charge in [-0.3, -0.25) is 14.9 Å². The predicted octanol–water partition coefficient (Wildman–Crippen LogP) is 7.14.